The lowest BCUT2D eigenvalue weighted by molar-refractivity contribution is -0.135. The highest BCUT2D eigenvalue weighted by molar-refractivity contribution is 7.89. The second kappa shape index (κ2) is 11.2. The Kier molecular flexibility index (Phi) is 7.77. The van der Waals surface area contributed by atoms with Gasteiger partial charge in [-0.05, 0) is 50.7 Å². The summed E-state index contributed by atoms with van der Waals surface area (Å²) in [5.41, 5.74) is 0.796. The number of nitrogens with zero attached hydrogens (tertiary/aromatic N) is 5. The van der Waals surface area contributed by atoms with Crippen LogP contribution in [-0.4, -0.2) is 81.7 Å². The van der Waals surface area contributed by atoms with Gasteiger partial charge in [-0.2, -0.15) is 10.1 Å². The number of primary sulfonamides is 1. The van der Waals surface area contributed by atoms with Gasteiger partial charge in [0.1, 0.15) is 5.75 Å². The molecule has 3 aromatic rings. The summed E-state index contributed by atoms with van der Waals surface area (Å²) in [6.45, 7) is 1.31. The fourth-order valence-corrected chi connectivity index (χ4v) is 5.70. The first-order valence-corrected chi connectivity index (χ1v) is 14.7. The van der Waals surface area contributed by atoms with Gasteiger partial charge in [0.15, 0.2) is 5.82 Å². The minimum absolute atomic E-state index is 0.0113. The highest BCUT2D eigenvalue weighted by Crippen LogP contribution is 2.30. The van der Waals surface area contributed by atoms with Gasteiger partial charge < -0.3 is 20.1 Å². The number of aliphatic hydroxyl groups excluding tert-OH is 1. The SMILES string of the molecule is NS(=O)(=O)CCCOc1cccc2c1cnn2-c1ccnc(NC2CCC(C(=O)N3CC[C@@H](O)C3)CC2)n1. The Morgan fingerprint density at radius 3 is 2.74 bits per heavy atom. The lowest BCUT2D eigenvalue weighted by Gasteiger charge is -2.30. The molecule has 1 aromatic carbocycles. The summed E-state index contributed by atoms with van der Waals surface area (Å²) in [6.07, 6.45) is 7.22. The normalized spacial score (nSPS) is 22.1. The maximum Gasteiger partial charge on any atom is 0.225 e. The molecule has 3 heterocycles. The summed E-state index contributed by atoms with van der Waals surface area (Å²) in [7, 11) is -3.52. The number of rotatable bonds is 9. The van der Waals surface area contributed by atoms with E-state index in [0.717, 1.165) is 36.6 Å². The van der Waals surface area contributed by atoms with Crippen LogP contribution in [0.3, 0.4) is 0 Å². The summed E-state index contributed by atoms with van der Waals surface area (Å²) in [5.74, 6) is 1.73. The third kappa shape index (κ3) is 6.22. The highest BCUT2D eigenvalue weighted by atomic mass is 32.2. The predicted octanol–water partition coefficient (Wildman–Crippen LogP) is 1.44. The molecule has 204 valence electrons. The van der Waals surface area contributed by atoms with Crippen LogP contribution in [-0.2, 0) is 14.8 Å². The molecule has 38 heavy (non-hydrogen) atoms. The number of nitrogens with one attached hydrogen (secondary N) is 1. The number of hydrogen-bond donors (Lipinski definition) is 3. The number of carbonyl (C=O) groups excluding carboxylic acids is 1. The first-order chi connectivity index (χ1) is 18.3. The van der Waals surface area contributed by atoms with E-state index in [0.29, 0.717) is 43.4 Å². The monoisotopic (exact) mass is 543 g/mol. The topological polar surface area (TPSA) is 166 Å². The lowest BCUT2D eigenvalue weighted by Crippen LogP contribution is -2.38. The van der Waals surface area contributed by atoms with Crippen molar-refractivity contribution in [1.29, 1.82) is 0 Å². The summed E-state index contributed by atoms with van der Waals surface area (Å²) < 4.78 is 29.8. The van der Waals surface area contributed by atoms with E-state index in [9.17, 15) is 18.3 Å². The van der Waals surface area contributed by atoms with Crippen LogP contribution in [0.5, 0.6) is 5.75 Å². The molecule has 5 rings (SSSR count). The molecule has 1 amide bonds. The molecule has 1 saturated heterocycles. The van der Waals surface area contributed by atoms with Crippen molar-refractivity contribution in [3.05, 3.63) is 36.7 Å². The van der Waals surface area contributed by atoms with Crippen LogP contribution < -0.4 is 15.2 Å². The number of benzene rings is 1. The third-order valence-corrected chi connectivity index (χ3v) is 8.00. The molecular formula is C25H33N7O5S. The Balaban J connectivity index is 1.21. The van der Waals surface area contributed by atoms with Crippen LogP contribution in [0.1, 0.15) is 38.5 Å². The average Bonchev–Trinajstić information content (AvgIpc) is 3.53. The maximum atomic E-state index is 12.8. The van der Waals surface area contributed by atoms with Gasteiger partial charge in [0.2, 0.25) is 21.9 Å². The van der Waals surface area contributed by atoms with Crippen LogP contribution in [0.15, 0.2) is 36.7 Å². The van der Waals surface area contributed by atoms with Crippen molar-refractivity contribution >= 4 is 32.8 Å². The Morgan fingerprint density at radius 1 is 1.18 bits per heavy atom. The van der Waals surface area contributed by atoms with Gasteiger partial charge in [-0.3, -0.25) is 4.79 Å². The number of carbonyl (C=O) groups is 1. The molecular weight excluding hydrogens is 510 g/mol. The molecule has 13 heteroatoms. The van der Waals surface area contributed by atoms with E-state index in [2.05, 4.69) is 20.4 Å². The van der Waals surface area contributed by atoms with Crippen LogP contribution in [0.25, 0.3) is 16.7 Å². The lowest BCUT2D eigenvalue weighted by atomic mass is 9.85. The van der Waals surface area contributed by atoms with Crippen molar-refractivity contribution < 1.29 is 23.1 Å². The number of nitrogens with two attached hydrogens (primary N) is 1. The Labute approximate surface area is 221 Å². The van der Waals surface area contributed by atoms with Gasteiger partial charge in [-0.1, -0.05) is 6.07 Å². The molecule has 12 nitrogen and oxygen atoms in total. The van der Waals surface area contributed by atoms with Crippen molar-refractivity contribution in [1.82, 2.24) is 24.6 Å². The predicted molar refractivity (Wildman–Crippen MR) is 141 cm³/mol. The van der Waals surface area contributed by atoms with Gasteiger partial charge in [-0.25, -0.2) is 23.2 Å². The largest absolute Gasteiger partial charge is 0.493 e. The summed E-state index contributed by atoms with van der Waals surface area (Å²) in [5, 5.41) is 23.5. The second-order valence-electron chi connectivity index (χ2n) is 9.97. The molecule has 2 fully saturated rings. The quantitative estimate of drug-likeness (QED) is 0.339. The van der Waals surface area contributed by atoms with Crippen LogP contribution in [0.2, 0.25) is 0 Å². The number of likely N-dealkylation sites (tertiary alicyclic amines) is 1. The first-order valence-electron chi connectivity index (χ1n) is 12.9. The Hall–Kier alpha value is -3.29. The molecule has 1 aliphatic heterocycles. The first kappa shape index (κ1) is 26.3. The minimum Gasteiger partial charge on any atom is -0.493 e. The van der Waals surface area contributed by atoms with E-state index in [-0.39, 0.29) is 30.2 Å². The standard InChI is InChI=1S/C25H33N7O5S/c26-38(35,36)14-2-13-37-22-4-1-3-21-20(22)15-28-32(21)23-9-11-27-25(30-23)29-18-7-5-17(6-8-18)24(34)31-12-10-19(33)16-31/h1,3-4,9,11,15,17-19,33H,2,5-8,10,12-14,16H2,(H2,26,35,36)(H,27,29,30)/t17?,18?,19-/m1/s1. The number of ether oxygens (including phenoxy) is 1. The summed E-state index contributed by atoms with van der Waals surface area (Å²) >= 11 is 0. The van der Waals surface area contributed by atoms with Gasteiger partial charge in [0.05, 0.1) is 35.6 Å². The van der Waals surface area contributed by atoms with Crippen LogP contribution in [0.4, 0.5) is 5.95 Å². The molecule has 0 spiro atoms. The van der Waals surface area contributed by atoms with E-state index in [4.69, 9.17) is 9.88 Å². The van der Waals surface area contributed by atoms with E-state index in [1.807, 2.05) is 18.2 Å². The number of amides is 1. The number of aliphatic hydroxyl groups is 1. The molecule has 0 radical (unpaired) electrons. The van der Waals surface area contributed by atoms with Crippen molar-refractivity contribution in [2.24, 2.45) is 11.1 Å². The summed E-state index contributed by atoms with van der Waals surface area (Å²) in [4.78, 5) is 23.6. The molecule has 0 bridgehead atoms. The number of aromatic nitrogens is 4. The van der Waals surface area contributed by atoms with Crippen molar-refractivity contribution in [3.8, 4) is 11.6 Å². The van der Waals surface area contributed by atoms with E-state index >= 15 is 0 Å². The highest BCUT2D eigenvalue weighted by Gasteiger charge is 2.33. The smallest absolute Gasteiger partial charge is 0.225 e. The zero-order valence-electron chi connectivity index (χ0n) is 21.1. The van der Waals surface area contributed by atoms with E-state index in [1.165, 1.54) is 0 Å². The molecule has 4 N–H and O–H groups in total. The van der Waals surface area contributed by atoms with Crippen molar-refractivity contribution in [2.75, 3.05) is 30.8 Å². The van der Waals surface area contributed by atoms with E-state index < -0.39 is 16.1 Å². The molecule has 1 saturated carbocycles. The average molecular weight is 544 g/mol. The zero-order chi connectivity index (χ0) is 26.7. The van der Waals surface area contributed by atoms with Crippen molar-refractivity contribution in [2.45, 2.75) is 50.7 Å². The van der Waals surface area contributed by atoms with Gasteiger partial charge in [0.25, 0.3) is 0 Å². The van der Waals surface area contributed by atoms with E-state index in [1.54, 1.807) is 28.0 Å². The van der Waals surface area contributed by atoms with Crippen LogP contribution >= 0.6 is 0 Å². The molecule has 0 unspecified atom stereocenters. The molecule has 1 atom stereocenters. The fourth-order valence-electron chi connectivity index (χ4n) is 5.18. The number of anilines is 1. The number of sulfonamides is 1. The third-order valence-electron chi connectivity index (χ3n) is 7.15. The Morgan fingerprint density at radius 2 is 2.00 bits per heavy atom. The fraction of sp³-hybridized carbons (Fsp3) is 0.520. The van der Waals surface area contributed by atoms with Gasteiger partial charge in [-0.15, -0.1) is 0 Å². The van der Waals surface area contributed by atoms with Crippen molar-refractivity contribution in [3.63, 3.8) is 0 Å². The number of hydrogen-bond acceptors (Lipinski definition) is 9. The minimum atomic E-state index is -3.52. The maximum absolute atomic E-state index is 12.8. The second-order valence-corrected chi connectivity index (χ2v) is 11.7. The zero-order valence-corrected chi connectivity index (χ0v) is 21.9. The van der Waals surface area contributed by atoms with Gasteiger partial charge in [0, 0.05) is 37.3 Å². The van der Waals surface area contributed by atoms with Gasteiger partial charge >= 0.3 is 0 Å². The summed E-state index contributed by atoms with van der Waals surface area (Å²) in [6, 6.07) is 7.51. The number of fused-ring (bicyclic) bond motifs is 1. The van der Waals surface area contributed by atoms with Crippen LogP contribution in [0, 0.1) is 5.92 Å². The molecule has 1 aliphatic carbocycles. The molecule has 2 aromatic heterocycles. The Bertz CT molecular complexity index is 1390. The molecule has 2 aliphatic rings. The number of β-amino-alcohol motifs (C(OH)–C–C–N with tert-alkyl or cyclic N) is 1.